The van der Waals surface area contributed by atoms with Crippen LogP contribution in [0.1, 0.15) is 13.8 Å². The van der Waals surface area contributed by atoms with Crippen LogP contribution in [0.2, 0.25) is 5.02 Å². The third-order valence-electron chi connectivity index (χ3n) is 4.03. The summed E-state index contributed by atoms with van der Waals surface area (Å²) < 4.78 is 10.6. The average molecular weight is 360 g/mol. The first-order chi connectivity index (χ1) is 12.1. The Bertz CT molecular complexity index is 967. The molecule has 0 bridgehead atoms. The summed E-state index contributed by atoms with van der Waals surface area (Å²) in [6, 6.07) is 5.64. The van der Waals surface area contributed by atoms with Crippen LogP contribution in [0.25, 0.3) is 22.2 Å². The minimum atomic E-state index is -0.559. The molecule has 0 saturated carbocycles. The van der Waals surface area contributed by atoms with Gasteiger partial charge in [-0.05, 0) is 26.0 Å². The molecular formula is C18H18ClN3O3. The zero-order valence-electron chi connectivity index (χ0n) is 14.2. The molecule has 0 amide bonds. The lowest BCUT2D eigenvalue weighted by atomic mass is 10.1. The van der Waals surface area contributed by atoms with Gasteiger partial charge in [-0.3, -0.25) is 4.98 Å². The van der Waals surface area contributed by atoms with Gasteiger partial charge in [0.2, 0.25) is 5.88 Å². The van der Waals surface area contributed by atoms with Gasteiger partial charge in [-0.2, -0.15) is 0 Å². The highest BCUT2D eigenvalue weighted by Gasteiger charge is 2.18. The predicted molar refractivity (Wildman–Crippen MR) is 98.6 cm³/mol. The number of methoxy groups -OCH3 is 1. The fraction of sp³-hybridized carbons (Fsp3) is 0.278. The van der Waals surface area contributed by atoms with E-state index >= 15 is 0 Å². The van der Waals surface area contributed by atoms with E-state index in [1.165, 1.54) is 19.5 Å². The summed E-state index contributed by atoms with van der Waals surface area (Å²) in [5, 5.41) is 0.941. The fourth-order valence-corrected chi connectivity index (χ4v) is 3.05. The van der Waals surface area contributed by atoms with Gasteiger partial charge in [-0.25, -0.2) is 9.78 Å². The largest absolute Gasteiger partial charge is 0.480 e. The molecule has 3 aromatic rings. The standard InChI is InChI=1S/C18H18ClN3O3/c1-4-22(5-2)11-6-7-12-14(8-11)25-18(23)16(17(12)19)13-9-20-10-15(21-13)24-3/h6-10H,4-5H2,1-3H3. The highest BCUT2D eigenvalue weighted by Crippen LogP contribution is 2.33. The van der Waals surface area contributed by atoms with E-state index in [0.29, 0.717) is 27.6 Å². The normalized spacial score (nSPS) is 10.9. The third-order valence-corrected chi connectivity index (χ3v) is 4.43. The molecule has 0 unspecified atom stereocenters. The maximum Gasteiger partial charge on any atom is 0.347 e. The predicted octanol–water partition coefficient (Wildman–Crippen LogP) is 3.76. The number of nitrogens with zero attached hydrogens (tertiary/aromatic N) is 3. The molecule has 0 atom stereocenters. The van der Waals surface area contributed by atoms with Crippen LogP contribution < -0.4 is 15.3 Å². The number of rotatable bonds is 5. The van der Waals surface area contributed by atoms with Gasteiger partial charge in [0.25, 0.3) is 0 Å². The van der Waals surface area contributed by atoms with Crippen molar-refractivity contribution in [2.45, 2.75) is 13.8 Å². The van der Waals surface area contributed by atoms with Crippen LogP contribution in [0.3, 0.4) is 0 Å². The Hall–Kier alpha value is -2.60. The lowest BCUT2D eigenvalue weighted by molar-refractivity contribution is 0.396. The zero-order chi connectivity index (χ0) is 18.0. The van der Waals surface area contributed by atoms with Crippen molar-refractivity contribution in [3.63, 3.8) is 0 Å². The Kier molecular flexibility index (Phi) is 4.90. The van der Waals surface area contributed by atoms with Gasteiger partial charge in [-0.15, -0.1) is 0 Å². The molecule has 0 radical (unpaired) electrons. The summed E-state index contributed by atoms with van der Waals surface area (Å²) in [5.41, 5.74) is 1.35. The Morgan fingerprint density at radius 2 is 2.00 bits per heavy atom. The van der Waals surface area contributed by atoms with E-state index in [0.717, 1.165) is 18.8 Å². The Morgan fingerprint density at radius 3 is 2.68 bits per heavy atom. The van der Waals surface area contributed by atoms with Crippen molar-refractivity contribution in [2.75, 3.05) is 25.1 Å². The molecule has 0 aliphatic heterocycles. The number of fused-ring (bicyclic) bond motifs is 1. The molecule has 1 aromatic carbocycles. The van der Waals surface area contributed by atoms with Crippen LogP contribution in [0, 0.1) is 0 Å². The summed E-state index contributed by atoms with van der Waals surface area (Å²) >= 11 is 6.49. The summed E-state index contributed by atoms with van der Waals surface area (Å²) in [6.07, 6.45) is 2.91. The molecule has 6 nitrogen and oxygen atoms in total. The van der Waals surface area contributed by atoms with Crippen molar-refractivity contribution in [1.29, 1.82) is 0 Å². The van der Waals surface area contributed by atoms with Gasteiger partial charge in [-0.1, -0.05) is 11.6 Å². The SMILES string of the molecule is CCN(CC)c1ccc2c(Cl)c(-c3cncc(OC)n3)c(=O)oc2c1. The van der Waals surface area contributed by atoms with E-state index in [2.05, 4.69) is 28.7 Å². The van der Waals surface area contributed by atoms with Crippen LogP contribution in [-0.4, -0.2) is 30.2 Å². The van der Waals surface area contributed by atoms with Gasteiger partial charge in [0.05, 0.1) is 24.5 Å². The lowest BCUT2D eigenvalue weighted by Crippen LogP contribution is -2.21. The summed E-state index contributed by atoms with van der Waals surface area (Å²) in [4.78, 5) is 22.9. The topological polar surface area (TPSA) is 68.5 Å². The molecule has 0 spiro atoms. The van der Waals surface area contributed by atoms with E-state index in [9.17, 15) is 4.79 Å². The van der Waals surface area contributed by atoms with Gasteiger partial charge in [0.1, 0.15) is 16.8 Å². The highest BCUT2D eigenvalue weighted by atomic mass is 35.5. The van der Waals surface area contributed by atoms with E-state index in [-0.39, 0.29) is 5.56 Å². The fourth-order valence-electron chi connectivity index (χ4n) is 2.72. The first-order valence-electron chi connectivity index (χ1n) is 7.96. The number of hydrogen-bond donors (Lipinski definition) is 0. The Balaban J connectivity index is 2.19. The first-order valence-corrected chi connectivity index (χ1v) is 8.34. The van der Waals surface area contributed by atoms with Gasteiger partial charge < -0.3 is 14.1 Å². The monoisotopic (exact) mass is 359 g/mol. The summed E-state index contributed by atoms with van der Waals surface area (Å²) in [7, 11) is 1.48. The zero-order valence-corrected chi connectivity index (χ0v) is 15.0. The van der Waals surface area contributed by atoms with Gasteiger partial charge in [0.15, 0.2) is 0 Å². The molecule has 0 saturated heterocycles. The van der Waals surface area contributed by atoms with E-state index in [4.69, 9.17) is 20.8 Å². The number of ether oxygens (including phenoxy) is 1. The first kappa shape index (κ1) is 17.2. The van der Waals surface area contributed by atoms with E-state index in [1.54, 1.807) is 0 Å². The smallest absolute Gasteiger partial charge is 0.347 e. The highest BCUT2D eigenvalue weighted by molar-refractivity contribution is 6.37. The Labute approximate surface area is 150 Å². The van der Waals surface area contributed by atoms with Crippen LogP contribution >= 0.6 is 11.6 Å². The molecule has 130 valence electrons. The van der Waals surface area contributed by atoms with Gasteiger partial charge >= 0.3 is 5.63 Å². The summed E-state index contributed by atoms with van der Waals surface area (Å²) in [5.74, 6) is 0.296. The molecule has 0 aliphatic carbocycles. The number of aromatic nitrogens is 2. The van der Waals surface area contributed by atoms with Crippen molar-refractivity contribution in [3.8, 4) is 17.1 Å². The molecule has 0 N–H and O–H groups in total. The number of benzene rings is 1. The van der Waals surface area contributed by atoms with Crippen molar-refractivity contribution in [2.24, 2.45) is 0 Å². The van der Waals surface area contributed by atoms with Crippen molar-refractivity contribution >= 4 is 28.3 Å². The minimum Gasteiger partial charge on any atom is -0.480 e. The van der Waals surface area contributed by atoms with Crippen molar-refractivity contribution < 1.29 is 9.15 Å². The molecule has 7 heteroatoms. The second-order valence-corrected chi connectivity index (χ2v) is 5.76. The van der Waals surface area contributed by atoms with Crippen molar-refractivity contribution in [3.05, 3.63) is 46.0 Å². The number of hydrogen-bond acceptors (Lipinski definition) is 6. The number of halogens is 1. The van der Waals surface area contributed by atoms with Crippen molar-refractivity contribution in [1.82, 2.24) is 9.97 Å². The maximum absolute atomic E-state index is 12.5. The quantitative estimate of drug-likeness (QED) is 0.646. The summed E-state index contributed by atoms with van der Waals surface area (Å²) in [6.45, 7) is 5.86. The molecule has 3 rings (SSSR count). The second-order valence-electron chi connectivity index (χ2n) is 5.38. The molecule has 0 fully saturated rings. The van der Waals surface area contributed by atoms with Crippen LogP contribution in [-0.2, 0) is 0 Å². The molecule has 0 aliphatic rings. The molecule has 2 aromatic heterocycles. The molecule has 25 heavy (non-hydrogen) atoms. The molecular weight excluding hydrogens is 342 g/mol. The average Bonchev–Trinajstić information content (AvgIpc) is 2.62. The molecule has 2 heterocycles. The Morgan fingerprint density at radius 1 is 1.24 bits per heavy atom. The number of anilines is 1. The lowest BCUT2D eigenvalue weighted by Gasteiger charge is -2.21. The maximum atomic E-state index is 12.5. The van der Waals surface area contributed by atoms with Gasteiger partial charge in [0, 0.05) is 30.2 Å². The van der Waals surface area contributed by atoms with E-state index in [1.807, 2.05) is 18.2 Å². The van der Waals surface area contributed by atoms with Crippen LogP contribution in [0.5, 0.6) is 5.88 Å². The second kappa shape index (κ2) is 7.11. The van der Waals surface area contributed by atoms with Crippen LogP contribution in [0.4, 0.5) is 5.69 Å². The van der Waals surface area contributed by atoms with Crippen LogP contribution in [0.15, 0.2) is 39.8 Å². The van der Waals surface area contributed by atoms with E-state index < -0.39 is 5.63 Å². The minimum absolute atomic E-state index is 0.177. The third kappa shape index (κ3) is 3.17.